The van der Waals surface area contributed by atoms with Gasteiger partial charge in [-0.3, -0.25) is 4.79 Å². The fraction of sp³-hybridized carbons (Fsp3) is 0.267. The van der Waals surface area contributed by atoms with Crippen LogP contribution in [0.25, 0.3) is 10.8 Å². The van der Waals surface area contributed by atoms with Crippen LogP contribution in [0.1, 0.15) is 16.8 Å². The molecule has 0 aliphatic carbocycles. The Morgan fingerprint density at radius 3 is 2.79 bits per heavy atom. The molecule has 0 radical (unpaired) electrons. The van der Waals surface area contributed by atoms with Gasteiger partial charge in [0.1, 0.15) is 5.75 Å². The largest absolute Gasteiger partial charge is 0.507 e. The maximum absolute atomic E-state index is 11.1. The van der Waals surface area contributed by atoms with Crippen LogP contribution in [-0.2, 0) is 0 Å². The van der Waals surface area contributed by atoms with Crippen LogP contribution in [-0.4, -0.2) is 30.5 Å². The summed E-state index contributed by atoms with van der Waals surface area (Å²) >= 11 is 0. The lowest BCUT2D eigenvalue weighted by atomic mass is 10.0. The quantitative estimate of drug-likeness (QED) is 0.805. The molecule has 4 nitrogen and oxygen atoms in total. The van der Waals surface area contributed by atoms with Gasteiger partial charge in [0, 0.05) is 24.8 Å². The molecule has 1 unspecified atom stereocenters. The molecule has 98 valence electrons. The SMILES string of the molecule is NC1CCN(c2ccc3ccc(O)c(C=O)c3c2)C1. The minimum atomic E-state index is 0.0257. The number of benzene rings is 2. The summed E-state index contributed by atoms with van der Waals surface area (Å²) in [6.07, 6.45) is 1.69. The fourth-order valence-corrected chi connectivity index (χ4v) is 2.66. The first-order valence-corrected chi connectivity index (χ1v) is 6.40. The second kappa shape index (κ2) is 4.55. The molecule has 2 aromatic carbocycles. The number of carbonyl (C=O) groups excluding carboxylic acids is 1. The van der Waals surface area contributed by atoms with Crippen molar-refractivity contribution < 1.29 is 9.90 Å². The normalized spacial score (nSPS) is 19.0. The Morgan fingerprint density at radius 2 is 2.11 bits per heavy atom. The second-order valence-corrected chi connectivity index (χ2v) is 5.02. The molecule has 3 rings (SSSR count). The van der Waals surface area contributed by atoms with Crippen LogP contribution < -0.4 is 10.6 Å². The van der Waals surface area contributed by atoms with Gasteiger partial charge in [-0.05, 0) is 35.4 Å². The lowest BCUT2D eigenvalue weighted by Crippen LogP contribution is -2.26. The minimum absolute atomic E-state index is 0.0257. The number of aromatic hydroxyl groups is 1. The van der Waals surface area contributed by atoms with Gasteiger partial charge in [0.25, 0.3) is 0 Å². The van der Waals surface area contributed by atoms with Gasteiger partial charge in [0.2, 0.25) is 0 Å². The lowest BCUT2D eigenvalue weighted by Gasteiger charge is -2.19. The molecule has 2 aromatic rings. The fourth-order valence-electron chi connectivity index (χ4n) is 2.66. The van der Waals surface area contributed by atoms with Crippen molar-refractivity contribution in [3.63, 3.8) is 0 Å². The van der Waals surface area contributed by atoms with Gasteiger partial charge in [-0.1, -0.05) is 12.1 Å². The van der Waals surface area contributed by atoms with Crippen molar-refractivity contribution in [1.29, 1.82) is 0 Å². The van der Waals surface area contributed by atoms with E-state index in [1.54, 1.807) is 6.07 Å². The molecule has 0 bridgehead atoms. The topological polar surface area (TPSA) is 66.6 Å². The van der Waals surface area contributed by atoms with E-state index in [9.17, 15) is 9.90 Å². The van der Waals surface area contributed by atoms with Crippen LogP contribution >= 0.6 is 0 Å². The number of phenolic OH excluding ortho intramolecular Hbond substituents is 1. The summed E-state index contributed by atoms with van der Waals surface area (Å²) in [7, 11) is 0. The number of carbonyl (C=O) groups is 1. The number of aldehydes is 1. The average Bonchev–Trinajstić information content (AvgIpc) is 2.85. The third kappa shape index (κ3) is 2.04. The third-order valence-corrected chi connectivity index (χ3v) is 3.73. The van der Waals surface area contributed by atoms with E-state index in [4.69, 9.17) is 5.73 Å². The molecule has 1 aliphatic rings. The highest BCUT2D eigenvalue weighted by molar-refractivity contribution is 6.02. The highest BCUT2D eigenvalue weighted by Crippen LogP contribution is 2.30. The van der Waals surface area contributed by atoms with Crippen LogP contribution in [0.15, 0.2) is 30.3 Å². The summed E-state index contributed by atoms with van der Waals surface area (Å²) in [6.45, 7) is 1.77. The number of hydrogen-bond donors (Lipinski definition) is 2. The van der Waals surface area contributed by atoms with E-state index in [-0.39, 0.29) is 11.8 Å². The molecule has 4 heteroatoms. The van der Waals surface area contributed by atoms with E-state index >= 15 is 0 Å². The average molecular weight is 256 g/mol. The zero-order chi connectivity index (χ0) is 13.4. The molecule has 1 aliphatic heterocycles. The van der Waals surface area contributed by atoms with E-state index in [2.05, 4.69) is 4.90 Å². The van der Waals surface area contributed by atoms with Crippen molar-refractivity contribution in [2.75, 3.05) is 18.0 Å². The smallest absolute Gasteiger partial charge is 0.154 e. The molecule has 1 heterocycles. The zero-order valence-electron chi connectivity index (χ0n) is 10.5. The molecule has 0 saturated carbocycles. The van der Waals surface area contributed by atoms with Crippen molar-refractivity contribution in [2.45, 2.75) is 12.5 Å². The number of anilines is 1. The molecule has 0 amide bonds. The van der Waals surface area contributed by atoms with Gasteiger partial charge in [0.05, 0.1) is 5.56 Å². The monoisotopic (exact) mass is 256 g/mol. The first-order valence-electron chi connectivity index (χ1n) is 6.40. The van der Waals surface area contributed by atoms with Crippen molar-refractivity contribution >= 4 is 22.7 Å². The number of nitrogens with two attached hydrogens (primary N) is 1. The van der Waals surface area contributed by atoms with Gasteiger partial charge in [-0.25, -0.2) is 0 Å². The minimum Gasteiger partial charge on any atom is -0.507 e. The predicted octanol–water partition coefficient (Wildman–Crippen LogP) is 1.90. The van der Waals surface area contributed by atoms with Gasteiger partial charge >= 0.3 is 0 Å². The third-order valence-electron chi connectivity index (χ3n) is 3.73. The summed E-state index contributed by atoms with van der Waals surface area (Å²) < 4.78 is 0. The summed E-state index contributed by atoms with van der Waals surface area (Å²) in [4.78, 5) is 13.3. The molecular formula is C15H16N2O2. The van der Waals surface area contributed by atoms with Crippen LogP contribution in [0, 0.1) is 0 Å². The second-order valence-electron chi connectivity index (χ2n) is 5.02. The Bertz CT molecular complexity index is 639. The standard InChI is InChI=1S/C15H16N2O2/c16-11-5-6-17(8-11)12-3-1-10-2-4-15(19)14(9-18)13(10)7-12/h1-4,7,9,11,19H,5-6,8,16H2. The number of hydrogen-bond acceptors (Lipinski definition) is 4. The number of nitrogens with zero attached hydrogens (tertiary/aromatic N) is 1. The van der Waals surface area contributed by atoms with Crippen LogP contribution in [0.4, 0.5) is 5.69 Å². The van der Waals surface area contributed by atoms with E-state index < -0.39 is 0 Å². The molecule has 1 fully saturated rings. The molecule has 0 spiro atoms. The van der Waals surface area contributed by atoms with Gasteiger partial charge < -0.3 is 15.7 Å². The zero-order valence-corrected chi connectivity index (χ0v) is 10.5. The molecule has 19 heavy (non-hydrogen) atoms. The molecule has 0 aromatic heterocycles. The van der Waals surface area contributed by atoms with E-state index in [0.717, 1.165) is 36.0 Å². The molecule has 1 saturated heterocycles. The Morgan fingerprint density at radius 1 is 1.32 bits per heavy atom. The highest BCUT2D eigenvalue weighted by atomic mass is 16.3. The maximum Gasteiger partial charge on any atom is 0.154 e. The van der Waals surface area contributed by atoms with Gasteiger partial charge in [0.15, 0.2) is 6.29 Å². The first kappa shape index (κ1) is 12.0. The summed E-state index contributed by atoms with van der Waals surface area (Å²) in [5.41, 5.74) is 7.32. The van der Waals surface area contributed by atoms with Crippen LogP contribution in [0.5, 0.6) is 5.75 Å². The lowest BCUT2D eigenvalue weighted by molar-refractivity contribution is 0.112. The Labute approximate surface area is 111 Å². The Balaban J connectivity index is 2.11. The van der Waals surface area contributed by atoms with E-state index in [1.807, 2.05) is 24.3 Å². The van der Waals surface area contributed by atoms with Crippen LogP contribution in [0.2, 0.25) is 0 Å². The number of phenols is 1. The molecule has 3 N–H and O–H groups in total. The predicted molar refractivity (Wildman–Crippen MR) is 75.8 cm³/mol. The molecular weight excluding hydrogens is 240 g/mol. The highest BCUT2D eigenvalue weighted by Gasteiger charge is 2.19. The van der Waals surface area contributed by atoms with Crippen molar-refractivity contribution in [3.8, 4) is 5.75 Å². The van der Waals surface area contributed by atoms with E-state index in [1.165, 1.54) is 0 Å². The summed E-state index contributed by atoms with van der Waals surface area (Å²) in [5, 5.41) is 11.5. The van der Waals surface area contributed by atoms with Crippen molar-refractivity contribution in [3.05, 3.63) is 35.9 Å². The van der Waals surface area contributed by atoms with Crippen LogP contribution in [0.3, 0.4) is 0 Å². The van der Waals surface area contributed by atoms with Gasteiger partial charge in [-0.2, -0.15) is 0 Å². The number of fused-ring (bicyclic) bond motifs is 1. The Hall–Kier alpha value is -2.07. The summed E-state index contributed by atoms with van der Waals surface area (Å²) in [6, 6.07) is 9.55. The van der Waals surface area contributed by atoms with Gasteiger partial charge in [-0.15, -0.1) is 0 Å². The van der Waals surface area contributed by atoms with Crippen molar-refractivity contribution in [2.24, 2.45) is 5.73 Å². The first-order chi connectivity index (χ1) is 9.19. The summed E-state index contributed by atoms with van der Waals surface area (Å²) in [5.74, 6) is 0.0257. The Kier molecular flexibility index (Phi) is 2.87. The molecule has 1 atom stereocenters. The maximum atomic E-state index is 11.1. The van der Waals surface area contributed by atoms with E-state index in [0.29, 0.717) is 11.8 Å². The van der Waals surface area contributed by atoms with Crippen molar-refractivity contribution in [1.82, 2.24) is 0 Å². The number of rotatable bonds is 2.